The summed E-state index contributed by atoms with van der Waals surface area (Å²) in [5, 5.41) is 0. The number of allylic oxidation sites excluding steroid dienone is 2. The maximum absolute atomic E-state index is 3.78. The van der Waals surface area contributed by atoms with E-state index in [1.54, 1.807) is 0 Å². The molecule has 0 saturated heterocycles. The van der Waals surface area contributed by atoms with Crippen molar-refractivity contribution in [3.05, 3.63) is 37.1 Å². The Kier molecular flexibility index (Phi) is 1.37. The molecule has 0 bridgehead atoms. The summed E-state index contributed by atoms with van der Waals surface area (Å²) in [4.78, 5) is 0. The van der Waals surface area contributed by atoms with Crippen molar-refractivity contribution in [2.75, 3.05) is 0 Å². The lowest BCUT2D eigenvalue weighted by Gasteiger charge is -2.12. The monoisotopic (exact) mass is 146 g/mol. The zero-order valence-electron chi connectivity index (χ0n) is 5.07. The van der Waals surface area contributed by atoms with Crippen molar-refractivity contribution in [1.29, 1.82) is 0 Å². The smallest absolute Gasteiger partial charge is 0.0391 e. The van der Waals surface area contributed by atoms with Gasteiger partial charge in [0.2, 0.25) is 0 Å². The van der Waals surface area contributed by atoms with Crippen molar-refractivity contribution in [3.8, 4) is 0 Å². The van der Waals surface area contributed by atoms with E-state index in [2.05, 4.69) is 33.6 Å². The highest BCUT2D eigenvalue weighted by atomic mass is 28.2. The van der Waals surface area contributed by atoms with Gasteiger partial charge in [0.25, 0.3) is 0 Å². The van der Waals surface area contributed by atoms with Crippen LogP contribution in [-0.2, 0) is 0 Å². The quantitative estimate of drug-likeness (QED) is 0.353. The van der Waals surface area contributed by atoms with Gasteiger partial charge in [0.05, 0.1) is 0 Å². The van der Waals surface area contributed by atoms with Crippen molar-refractivity contribution in [3.63, 3.8) is 0 Å². The first-order valence-corrected chi connectivity index (χ1v) is 3.61. The number of rotatable bonds is 0. The first kappa shape index (κ1) is 6.77. The molecule has 1 aliphatic rings. The largest absolute Gasteiger partial charge is 0.141 e. The number of hydrogen-bond acceptors (Lipinski definition) is 0. The van der Waals surface area contributed by atoms with Gasteiger partial charge in [-0.25, -0.2) is 0 Å². The molecule has 0 aliphatic heterocycles. The highest BCUT2D eigenvalue weighted by Crippen LogP contribution is 2.41. The van der Waals surface area contributed by atoms with Crippen LogP contribution in [0.1, 0.15) is 0 Å². The molecule has 2 heteroatoms. The van der Waals surface area contributed by atoms with E-state index in [0.29, 0.717) is 0 Å². The molecule has 0 aromatic heterocycles. The Labute approximate surface area is 62.9 Å². The maximum atomic E-state index is 3.78. The van der Waals surface area contributed by atoms with Crippen molar-refractivity contribution in [2.24, 2.45) is 0 Å². The van der Waals surface area contributed by atoms with Gasteiger partial charge in [-0.3, -0.25) is 0 Å². The molecule has 0 heterocycles. The van der Waals surface area contributed by atoms with Crippen LogP contribution in [0.3, 0.4) is 0 Å². The normalized spacial score (nSPS) is 23.3. The van der Waals surface area contributed by atoms with Crippen LogP contribution in [0, 0.1) is 12.8 Å². The average molecular weight is 146 g/mol. The van der Waals surface area contributed by atoms with E-state index in [1.165, 1.54) is 0 Å². The molecule has 0 nitrogen and oxygen atoms in total. The van der Waals surface area contributed by atoms with Gasteiger partial charge in [0, 0.05) is 26.1 Å². The lowest BCUT2D eigenvalue weighted by molar-refractivity contribution is 1.14. The molecule has 0 spiro atoms. The fourth-order valence-corrected chi connectivity index (χ4v) is 1.47. The predicted molar refractivity (Wildman–Crippen MR) is 41.1 cm³/mol. The lowest BCUT2D eigenvalue weighted by Crippen LogP contribution is -2.07. The third kappa shape index (κ3) is 1.31. The fourth-order valence-electron chi connectivity index (χ4n) is 0.777. The van der Waals surface area contributed by atoms with E-state index in [-0.39, 0.29) is 4.66 Å². The Hall–Kier alpha value is -0.346. The average Bonchev–Trinajstić information content (AvgIpc) is 1.79. The summed E-state index contributed by atoms with van der Waals surface area (Å²) in [5.41, 5.74) is 1.94. The van der Waals surface area contributed by atoms with Gasteiger partial charge >= 0.3 is 0 Å². The van der Waals surface area contributed by atoms with Crippen LogP contribution in [0.25, 0.3) is 0 Å². The molecule has 0 aromatic rings. The minimum Gasteiger partial charge on any atom is -0.141 e. The standard InChI is InChI=1S/C7H6Si2/c1-5-3-7(8,9)4-6(5)2/h3-4H,1-2H2. The van der Waals surface area contributed by atoms with Crippen LogP contribution >= 0.6 is 0 Å². The fraction of sp³-hybridized carbons (Fsp3) is 0.143. The highest BCUT2D eigenvalue weighted by molar-refractivity contribution is 6.43. The predicted octanol–water partition coefficient (Wildman–Crippen LogP) is 0.974. The summed E-state index contributed by atoms with van der Waals surface area (Å²) in [6.45, 7) is 7.56. The number of hydrogen-bond donors (Lipinski definition) is 0. The molecule has 9 heavy (non-hydrogen) atoms. The Bertz CT molecular complexity index is 150. The molecule has 0 aromatic carbocycles. The van der Waals surface area contributed by atoms with Crippen LogP contribution in [0.15, 0.2) is 24.3 Å². The van der Waals surface area contributed by atoms with Crippen molar-refractivity contribution >= 4 is 20.5 Å². The topological polar surface area (TPSA) is 0 Å². The van der Waals surface area contributed by atoms with Crippen LogP contribution in [0.5, 0.6) is 0 Å². The summed E-state index contributed by atoms with van der Waals surface area (Å²) in [6.07, 6.45) is 3.92. The molecule has 0 N–H and O–H groups in total. The van der Waals surface area contributed by atoms with E-state index in [9.17, 15) is 0 Å². The summed E-state index contributed by atoms with van der Waals surface area (Å²) >= 11 is 0. The summed E-state index contributed by atoms with van der Waals surface area (Å²) in [7, 11) is 6.91. The SMILES string of the molecule is C=C1[CH+]C([Si])([Si])[CH-]C1=C. The van der Waals surface area contributed by atoms with Crippen LogP contribution in [-0.4, -0.2) is 20.5 Å². The first-order chi connectivity index (χ1) is 4.01. The first-order valence-electron chi connectivity index (χ1n) is 2.61. The molecule has 1 saturated carbocycles. The van der Waals surface area contributed by atoms with Gasteiger partial charge in [-0.1, -0.05) is 5.57 Å². The minimum atomic E-state index is -0.200. The van der Waals surface area contributed by atoms with Gasteiger partial charge in [-0.05, 0) is 17.7 Å². The van der Waals surface area contributed by atoms with E-state index < -0.39 is 0 Å². The molecule has 42 valence electrons. The molecule has 6 radical (unpaired) electrons. The van der Waals surface area contributed by atoms with Gasteiger partial charge < -0.3 is 0 Å². The lowest BCUT2D eigenvalue weighted by atomic mass is 10.2. The van der Waals surface area contributed by atoms with E-state index in [4.69, 9.17) is 0 Å². The molecule has 0 amide bonds. The van der Waals surface area contributed by atoms with Crippen LogP contribution < -0.4 is 0 Å². The molecule has 1 rings (SSSR count). The van der Waals surface area contributed by atoms with Gasteiger partial charge in [0.15, 0.2) is 0 Å². The Morgan fingerprint density at radius 2 is 2.00 bits per heavy atom. The zero-order chi connectivity index (χ0) is 7.07. The Morgan fingerprint density at radius 3 is 2.11 bits per heavy atom. The molecular formula is C7H6Si2. The van der Waals surface area contributed by atoms with Crippen LogP contribution in [0.4, 0.5) is 0 Å². The second kappa shape index (κ2) is 1.82. The zero-order valence-corrected chi connectivity index (χ0v) is 7.07. The molecule has 0 atom stereocenters. The summed E-state index contributed by atoms with van der Waals surface area (Å²) in [6, 6.07) is 0. The van der Waals surface area contributed by atoms with E-state index in [0.717, 1.165) is 11.1 Å². The molecule has 0 unspecified atom stereocenters. The summed E-state index contributed by atoms with van der Waals surface area (Å²) < 4.78 is -0.200. The maximum Gasteiger partial charge on any atom is 0.0391 e. The van der Waals surface area contributed by atoms with Crippen molar-refractivity contribution in [1.82, 2.24) is 0 Å². The van der Waals surface area contributed by atoms with Crippen molar-refractivity contribution in [2.45, 2.75) is 4.66 Å². The Balaban J connectivity index is 2.76. The third-order valence-electron chi connectivity index (χ3n) is 1.22. The second-order valence-electron chi connectivity index (χ2n) is 2.21. The summed E-state index contributed by atoms with van der Waals surface area (Å²) in [5.74, 6) is 0. The highest BCUT2D eigenvalue weighted by Gasteiger charge is 2.28. The van der Waals surface area contributed by atoms with Crippen LogP contribution in [0.2, 0.25) is 4.66 Å². The molecule has 1 fully saturated rings. The third-order valence-corrected chi connectivity index (χ3v) is 1.79. The Morgan fingerprint density at radius 1 is 1.44 bits per heavy atom. The minimum absolute atomic E-state index is 0.200. The molecular weight excluding hydrogens is 140 g/mol. The van der Waals surface area contributed by atoms with Crippen molar-refractivity contribution < 1.29 is 0 Å². The van der Waals surface area contributed by atoms with E-state index in [1.807, 2.05) is 12.8 Å². The second-order valence-corrected chi connectivity index (χ2v) is 4.36. The van der Waals surface area contributed by atoms with Gasteiger partial charge in [-0.15, -0.1) is 13.0 Å². The molecule has 1 aliphatic carbocycles. The van der Waals surface area contributed by atoms with Gasteiger partial charge in [0.1, 0.15) is 0 Å². The van der Waals surface area contributed by atoms with E-state index >= 15 is 0 Å². The van der Waals surface area contributed by atoms with Gasteiger partial charge in [-0.2, -0.15) is 0 Å².